The number of hydrogen-bond donors (Lipinski definition) is 3. The van der Waals surface area contributed by atoms with Crippen LogP contribution in [0.5, 0.6) is 11.5 Å². The Morgan fingerprint density at radius 1 is 1.14 bits per heavy atom. The SMILES string of the molecule is CN1CCC(CNc2ccc(S(=O)(=O)c3cccc(C(N)=O)c3Oc3ccc4[nH]ccc4c3)cc2[N+](=O)[O-])(N(C)C)CC1. The number of nitrogens with two attached hydrogens (primary N) is 1. The lowest BCUT2D eigenvalue weighted by atomic mass is 9.86. The van der Waals surface area contributed by atoms with Gasteiger partial charge in [0.15, 0.2) is 5.75 Å². The third-order valence-corrected chi connectivity index (χ3v) is 10.0. The number of benzene rings is 3. The molecule has 13 heteroatoms. The van der Waals surface area contributed by atoms with Crippen molar-refractivity contribution in [3.05, 3.63) is 82.5 Å². The normalized spacial score (nSPS) is 15.4. The van der Waals surface area contributed by atoms with Gasteiger partial charge in [-0.1, -0.05) is 6.07 Å². The molecule has 1 aliphatic rings. The number of ether oxygens (including phenoxy) is 1. The van der Waals surface area contributed by atoms with E-state index in [9.17, 15) is 23.3 Å². The van der Waals surface area contributed by atoms with Crippen LogP contribution in [0.15, 0.2) is 76.7 Å². The average Bonchev–Trinajstić information content (AvgIpc) is 3.44. The Morgan fingerprint density at radius 2 is 1.88 bits per heavy atom. The van der Waals surface area contributed by atoms with Crippen molar-refractivity contribution < 1.29 is 22.9 Å². The molecule has 0 atom stereocenters. The van der Waals surface area contributed by atoms with Crippen molar-refractivity contribution in [1.29, 1.82) is 0 Å². The van der Waals surface area contributed by atoms with E-state index in [2.05, 4.69) is 27.1 Å². The number of aromatic amines is 1. The summed E-state index contributed by atoms with van der Waals surface area (Å²) >= 11 is 0. The second-order valence-electron chi connectivity index (χ2n) is 11.0. The minimum atomic E-state index is -4.40. The first-order valence-corrected chi connectivity index (χ1v) is 15.2. The molecule has 1 fully saturated rings. The number of anilines is 1. The van der Waals surface area contributed by atoms with Crippen LogP contribution in [0.25, 0.3) is 10.9 Å². The Morgan fingerprint density at radius 3 is 2.56 bits per heavy atom. The summed E-state index contributed by atoms with van der Waals surface area (Å²) in [6.45, 7) is 2.24. The molecule has 0 aliphatic carbocycles. The van der Waals surface area contributed by atoms with E-state index >= 15 is 0 Å². The minimum absolute atomic E-state index is 0.143. The average molecular weight is 607 g/mol. The van der Waals surface area contributed by atoms with Gasteiger partial charge in [0.1, 0.15) is 16.3 Å². The molecule has 4 aromatic rings. The Bertz CT molecular complexity index is 1790. The summed E-state index contributed by atoms with van der Waals surface area (Å²) in [6.07, 6.45) is 3.50. The van der Waals surface area contributed by atoms with E-state index in [0.717, 1.165) is 42.9 Å². The number of nitro benzene ring substituents is 1. The monoisotopic (exact) mass is 606 g/mol. The highest BCUT2D eigenvalue weighted by molar-refractivity contribution is 7.91. The van der Waals surface area contributed by atoms with Crippen LogP contribution < -0.4 is 15.8 Å². The number of piperidine rings is 1. The van der Waals surface area contributed by atoms with Crippen LogP contribution in [0.2, 0.25) is 0 Å². The number of carbonyl (C=O) groups excluding carboxylic acids is 1. The number of nitrogens with one attached hydrogen (secondary N) is 2. The molecule has 1 saturated heterocycles. The molecule has 1 amide bonds. The standard InChI is InChI=1S/C30H34N6O6S/c1-34(2)30(12-15-35(3)16-13-30)19-33-25-10-8-22(18-26(25)36(38)39)43(40,41)27-6-4-5-23(29(31)37)28(27)42-21-7-9-24-20(17-21)11-14-32-24/h4-11,14,17-18,32-33H,12-13,15-16,19H2,1-3H3,(H2,31,37). The number of nitro groups is 1. The molecule has 5 rings (SSSR count). The van der Waals surface area contributed by atoms with Crippen LogP contribution in [0.3, 0.4) is 0 Å². The summed E-state index contributed by atoms with van der Waals surface area (Å²) in [4.78, 5) is 30.6. The van der Waals surface area contributed by atoms with Crippen molar-refractivity contribution in [3.63, 3.8) is 0 Å². The van der Waals surface area contributed by atoms with Crippen molar-refractivity contribution in [3.8, 4) is 11.5 Å². The predicted molar refractivity (Wildman–Crippen MR) is 164 cm³/mol. The number of likely N-dealkylation sites (tertiary alicyclic amines) is 1. The Kier molecular flexibility index (Phi) is 8.14. The molecule has 1 aliphatic heterocycles. The molecule has 0 bridgehead atoms. The fraction of sp³-hybridized carbons (Fsp3) is 0.300. The predicted octanol–water partition coefficient (Wildman–Crippen LogP) is 4.24. The highest BCUT2D eigenvalue weighted by Crippen LogP contribution is 2.39. The summed E-state index contributed by atoms with van der Waals surface area (Å²) in [5.41, 5.74) is 5.91. The number of hydrogen-bond acceptors (Lipinski definition) is 9. The number of H-pyrrole nitrogens is 1. The Balaban J connectivity index is 1.51. The number of carbonyl (C=O) groups is 1. The second-order valence-corrected chi connectivity index (χ2v) is 13.0. The van der Waals surface area contributed by atoms with Crippen molar-refractivity contribution in [2.75, 3.05) is 46.1 Å². The molecule has 3 aromatic carbocycles. The molecule has 0 radical (unpaired) electrons. The van der Waals surface area contributed by atoms with Crippen molar-refractivity contribution in [1.82, 2.24) is 14.8 Å². The fourth-order valence-corrected chi connectivity index (χ4v) is 6.84. The van der Waals surface area contributed by atoms with E-state index in [1.807, 2.05) is 20.2 Å². The zero-order valence-corrected chi connectivity index (χ0v) is 25.0. The first-order chi connectivity index (χ1) is 20.4. The second kappa shape index (κ2) is 11.7. The Hall–Kier alpha value is -4.46. The van der Waals surface area contributed by atoms with Gasteiger partial charge in [-0.15, -0.1) is 0 Å². The van der Waals surface area contributed by atoms with Gasteiger partial charge in [-0.05, 0) is 95.6 Å². The zero-order valence-electron chi connectivity index (χ0n) is 24.2. The highest BCUT2D eigenvalue weighted by Gasteiger charge is 2.36. The van der Waals surface area contributed by atoms with Gasteiger partial charge in [-0.2, -0.15) is 0 Å². The zero-order chi connectivity index (χ0) is 30.9. The summed E-state index contributed by atoms with van der Waals surface area (Å²) in [6, 6.07) is 14.7. The number of sulfone groups is 1. The van der Waals surface area contributed by atoms with E-state index in [-0.39, 0.29) is 43.8 Å². The third-order valence-electron chi connectivity index (χ3n) is 8.23. The fourth-order valence-electron chi connectivity index (χ4n) is 5.42. The van der Waals surface area contributed by atoms with Gasteiger partial charge in [-0.25, -0.2) is 8.42 Å². The van der Waals surface area contributed by atoms with E-state index in [4.69, 9.17) is 10.5 Å². The molecule has 4 N–H and O–H groups in total. The van der Waals surface area contributed by atoms with Gasteiger partial charge >= 0.3 is 0 Å². The van der Waals surface area contributed by atoms with Crippen LogP contribution in [0.4, 0.5) is 11.4 Å². The molecule has 1 aromatic heterocycles. The third kappa shape index (κ3) is 5.91. The molecule has 0 unspecified atom stereocenters. The van der Waals surface area contributed by atoms with Crippen molar-refractivity contribution in [2.24, 2.45) is 5.73 Å². The topological polar surface area (TPSA) is 164 Å². The molecule has 12 nitrogen and oxygen atoms in total. The van der Waals surface area contributed by atoms with E-state index in [1.165, 1.54) is 30.3 Å². The number of para-hydroxylation sites is 1. The quantitative estimate of drug-likeness (QED) is 0.177. The van der Waals surface area contributed by atoms with Gasteiger partial charge in [0.25, 0.3) is 11.6 Å². The largest absolute Gasteiger partial charge is 0.455 e. The van der Waals surface area contributed by atoms with Gasteiger partial charge < -0.3 is 30.6 Å². The maximum atomic E-state index is 14.0. The molecule has 43 heavy (non-hydrogen) atoms. The molecule has 2 heterocycles. The molecule has 226 valence electrons. The number of nitrogens with zero attached hydrogens (tertiary/aromatic N) is 3. The highest BCUT2D eigenvalue weighted by atomic mass is 32.2. The summed E-state index contributed by atoms with van der Waals surface area (Å²) in [7, 11) is 1.65. The van der Waals surface area contributed by atoms with Gasteiger partial charge in [0, 0.05) is 35.2 Å². The maximum absolute atomic E-state index is 14.0. The Labute approximate surface area is 249 Å². The first kappa shape index (κ1) is 30.0. The van der Waals surface area contributed by atoms with Crippen LogP contribution in [0.1, 0.15) is 23.2 Å². The maximum Gasteiger partial charge on any atom is 0.293 e. The van der Waals surface area contributed by atoms with Gasteiger partial charge in [-0.3, -0.25) is 14.9 Å². The van der Waals surface area contributed by atoms with Crippen molar-refractivity contribution >= 4 is 38.0 Å². The van der Waals surface area contributed by atoms with E-state index in [1.54, 1.807) is 24.4 Å². The summed E-state index contributed by atoms with van der Waals surface area (Å²) < 4.78 is 33.9. The van der Waals surface area contributed by atoms with Gasteiger partial charge in [0.2, 0.25) is 9.84 Å². The number of likely N-dealkylation sites (N-methyl/N-ethyl adjacent to an activating group) is 1. The van der Waals surface area contributed by atoms with Gasteiger partial charge in [0.05, 0.1) is 15.4 Å². The van der Waals surface area contributed by atoms with E-state index in [0.29, 0.717) is 6.54 Å². The molecule has 0 saturated carbocycles. The van der Waals surface area contributed by atoms with E-state index < -0.39 is 20.7 Å². The number of rotatable bonds is 10. The lowest BCUT2D eigenvalue weighted by molar-refractivity contribution is -0.384. The van der Waals surface area contributed by atoms with Crippen molar-refractivity contribution in [2.45, 2.75) is 28.2 Å². The molecule has 0 spiro atoms. The minimum Gasteiger partial charge on any atom is -0.455 e. The lowest BCUT2D eigenvalue weighted by Crippen LogP contribution is -2.55. The lowest BCUT2D eigenvalue weighted by Gasteiger charge is -2.45. The number of aromatic nitrogens is 1. The summed E-state index contributed by atoms with van der Waals surface area (Å²) in [5.74, 6) is -0.861. The smallest absolute Gasteiger partial charge is 0.293 e. The first-order valence-electron chi connectivity index (χ1n) is 13.7. The number of primary amides is 1. The van der Waals surface area contributed by atoms with Crippen LogP contribution >= 0.6 is 0 Å². The summed E-state index contributed by atoms with van der Waals surface area (Å²) in [5, 5.41) is 16.2. The van der Waals surface area contributed by atoms with Crippen LogP contribution in [-0.4, -0.2) is 80.3 Å². The van der Waals surface area contributed by atoms with Crippen LogP contribution in [0, 0.1) is 10.1 Å². The molecular formula is C30H34N6O6S. The number of fused-ring (bicyclic) bond motifs is 1. The number of amides is 1. The molecular weight excluding hydrogens is 572 g/mol. The van der Waals surface area contributed by atoms with Crippen LogP contribution in [-0.2, 0) is 9.84 Å².